The van der Waals surface area contributed by atoms with Crippen LogP contribution in [0.4, 0.5) is 0 Å². The van der Waals surface area contributed by atoms with E-state index in [1.165, 1.54) is 39.0 Å². The molecule has 0 aromatic rings. The Morgan fingerprint density at radius 3 is 1.78 bits per heavy atom. The predicted molar refractivity (Wildman–Crippen MR) is 93.1 cm³/mol. The van der Waals surface area contributed by atoms with E-state index in [0.29, 0.717) is 23.4 Å². The molecule has 2 rings (SSSR count). The summed E-state index contributed by atoms with van der Waals surface area (Å²) in [5.41, 5.74) is 0.364. The molecule has 0 N–H and O–H groups in total. The molecule has 0 aromatic heterocycles. The summed E-state index contributed by atoms with van der Waals surface area (Å²) in [5.74, 6) is 2.52. The molecule has 3 heteroatoms. The number of carbonyl (C=O) groups excluding carboxylic acids is 1. The monoisotopic (exact) mass is 324 g/mol. The van der Waals surface area contributed by atoms with Crippen LogP contribution >= 0.6 is 0 Å². The molecule has 2 saturated carbocycles. The maximum absolute atomic E-state index is 11.2. The van der Waals surface area contributed by atoms with Gasteiger partial charge in [-0.1, -0.05) is 27.7 Å². The van der Waals surface area contributed by atoms with Gasteiger partial charge in [-0.25, -0.2) is 0 Å². The average Bonchev–Trinajstić information content (AvgIpc) is 2.48. The first-order valence-corrected chi connectivity index (χ1v) is 9.45. The minimum absolute atomic E-state index is 0.128. The van der Waals surface area contributed by atoms with Crippen LogP contribution in [0.15, 0.2) is 0 Å². The van der Waals surface area contributed by atoms with Gasteiger partial charge in [0, 0.05) is 14.0 Å². The topological polar surface area (TPSA) is 35.5 Å². The highest BCUT2D eigenvalue weighted by Gasteiger charge is 2.44. The third kappa shape index (κ3) is 4.29. The van der Waals surface area contributed by atoms with Crippen molar-refractivity contribution in [1.82, 2.24) is 0 Å². The Hall–Kier alpha value is -0.570. The molecule has 0 amide bonds. The van der Waals surface area contributed by atoms with Crippen LogP contribution in [-0.2, 0) is 14.3 Å². The first-order valence-electron chi connectivity index (χ1n) is 9.45. The van der Waals surface area contributed by atoms with Crippen LogP contribution in [0.2, 0.25) is 0 Å². The van der Waals surface area contributed by atoms with E-state index in [1.807, 2.05) is 7.11 Å². The summed E-state index contributed by atoms with van der Waals surface area (Å²) in [4.78, 5) is 11.2. The molecule has 2 fully saturated rings. The first-order chi connectivity index (χ1) is 10.8. The molecule has 0 aliphatic heterocycles. The Labute approximate surface area is 142 Å². The fraction of sp³-hybridized carbons (Fsp3) is 0.950. The zero-order valence-corrected chi connectivity index (χ0v) is 15.9. The van der Waals surface area contributed by atoms with Crippen LogP contribution in [0, 0.1) is 29.1 Å². The van der Waals surface area contributed by atoms with Gasteiger partial charge in [-0.05, 0) is 67.6 Å². The summed E-state index contributed by atoms with van der Waals surface area (Å²) in [6, 6.07) is 0. The molecule has 6 atom stereocenters. The summed E-state index contributed by atoms with van der Waals surface area (Å²) >= 11 is 0. The van der Waals surface area contributed by atoms with Gasteiger partial charge in [0.1, 0.15) is 6.10 Å². The highest BCUT2D eigenvalue weighted by Crippen LogP contribution is 2.50. The lowest BCUT2D eigenvalue weighted by molar-refractivity contribution is -0.152. The fourth-order valence-electron chi connectivity index (χ4n) is 5.16. The van der Waals surface area contributed by atoms with E-state index < -0.39 is 0 Å². The molecule has 2 aliphatic carbocycles. The van der Waals surface area contributed by atoms with Crippen molar-refractivity contribution in [3.63, 3.8) is 0 Å². The second-order valence-electron chi connectivity index (χ2n) is 8.72. The van der Waals surface area contributed by atoms with Crippen LogP contribution in [0.25, 0.3) is 0 Å². The summed E-state index contributed by atoms with van der Waals surface area (Å²) in [6.45, 7) is 11.1. The van der Waals surface area contributed by atoms with E-state index in [9.17, 15) is 4.79 Å². The molecule has 3 nitrogen and oxygen atoms in total. The normalized spacial score (nSPS) is 39.0. The molecule has 134 valence electrons. The number of ether oxygens (including phenoxy) is 2. The maximum atomic E-state index is 11.2. The van der Waals surface area contributed by atoms with Gasteiger partial charge in [-0.2, -0.15) is 0 Å². The quantitative estimate of drug-likeness (QED) is 0.695. The fourth-order valence-corrected chi connectivity index (χ4v) is 5.16. The zero-order chi connectivity index (χ0) is 17.2. The van der Waals surface area contributed by atoms with Crippen molar-refractivity contribution >= 4 is 5.97 Å². The van der Waals surface area contributed by atoms with E-state index in [1.54, 1.807) is 0 Å². The Kier molecular flexibility index (Phi) is 6.16. The van der Waals surface area contributed by atoms with E-state index in [4.69, 9.17) is 9.47 Å². The lowest BCUT2D eigenvalue weighted by Crippen LogP contribution is -2.43. The van der Waals surface area contributed by atoms with Crippen molar-refractivity contribution in [2.24, 2.45) is 29.1 Å². The zero-order valence-electron chi connectivity index (χ0n) is 15.9. The summed E-state index contributed by atoms with van der Waals surface area (Å²) < 4.78 is 11.1. The van der Waals surface area contributed by atoms with Crippen LogP contribution in [0.5, 0.6) is 0 Å². The smallest absolute Gasteiger partial charge is 0.302 e. The number of carbonyl (C=O) groups is 1. The van der Waals surface area contributed by atoms with E-state index >= 15 is 0 Å². The van der Waals surface area contributed by atoms with Crippen molar-refractivity contribution in [1.29, 1.82) is 0 Å². The second kappa shape index (κ2) is 7.55. The van der Waals surface area contributed by atoms with Gasteiger partial charge in [-0.3, -0.25) is 4.79 Å². The Morgan fingerprint density at radius 1 is 0.913 bits per heavy atom. The van der Waals surface area contributed by atoms with Crippen molar-refractivity contribution in [3.8, 4) is 0 Å². The number of methoxy groups -OCH3 is 1. The number of hydrogen-bond acceptors (Lipinski definition) is 3. The maximum Gasteiger partial charge on any atom is 0.302 e. The van der Waals surface area contributed by atoms with Gasteiger partial charge in [0.15, 0.2) is 0 Å². The number of rotatable bonds is 4. The molecule has 23 heavy (non-hydrogen) atoms. The number of hydrogen-bond donors (Lipinski definition) is 0. The average molecular weight is 325 g/mol. The van der Waals surface area contributed by atoms with Gasteiger partial charge in [-0.15, -0.1) is 0 Å². The lowest BCUT2D eigenvalue weighted by Gasteiger charge is -2.49. The van der Waals surface area contributed by atoms with Gasteiger partial charge < -0.3 is 9.47 Å². The van der Waals surface area contributed by atoms with Gasteiger partial charge >= 0.3 is 5.97 Å². The molecule has 0 aromatic carbocycles. The molecule has 6 unspecified atom stereocenters. The molecular weight excluding hydrogens is 288 g/mol. The molecule has 0 bridgehead atoms. The molecule has 0 saturated heterocycles. The highest BCUT2D eigenvalue weighted by molar-refractivity contribution is 5.66. The summed E-state index contributed by atoms with van der Waals surface area (Å²) in [6.07, 6.45) is 7.74. The van der Waals surface area contributed by atoms with Crippen LogP contribution in [-0.4, -0.2) is 25.3 Å². The van der Waals surface area contributed by atoms with Gasteiger partial charge in [0.25, 0.3) is 0 Å². The lowest BCUT2D eigenvalue weighted by atomic mass is 9.58. The third-order valence-corrected chi connectivity index (χ3v) is 6.91. The standard InChI is InChI=1S/C20H36O3/c1-13-11-16(7-9-18(13)22-6)20(4,5)17-8-10-19(14(2)12-17)23-15(3)21/h13-14,16-19H,7-12H2,1-6H3. The molecular formula is C20H36O3. The second-order valence-corrected chi connectivity index (χ2v) is 8.72. The van der Waals surface area contributed by atoms with E-state index in [2.05, 4.69) is 27.7 Å². The van der Waals surface area contributed by atoms with Crippen molar-refractivity contribution in [3.05, 3.63) is 0 Å². The van der Waals surface area contributed by atoms with Crippen molar-refractivity contribution < 1.29 is 14.3 Å². The van der Waals surface area contributed by atoms with E-state index in [-0.39, 0.29) is 12.1 Å². The third-order valence-electron chi connectivity index (χ3n) is 6.91. The first kappa shape index (κ1) is 18.8. The Bertz CT molecular complexity index is 404. The highest BCUT2D eigenvalue weighted by atomic mass is 16.5. The minimum atomic E-state index is -0.133. The Morgan fingerprint density at radius 2 is 1.39 bits per heavy atom. The molecule has 0 spiro atoms. The molecule has 0 heterocycles. The van der Waals surface area contributed by atoms with Crippen molar-refractivity contribution in [2.45, 2.75) is 85.4 Å². The van der Waals surface area contributed by atoms with E-state index in [0.717, 1.165) is 18.3 Å². The predicted octanol–water partition coefficient (Wildman–Crippen LogP) is 4.83. The largest absolute Gasteiger partial charge is 0.462 e. The summed E-state index contributed by atoms with van der Waals surface area (Å²) in [7, 11) is 1.85. The summed E-state index contributed by atoms with van der Waals surface area (Å²) in [5, 5.41) is 0. The number of esters is 1. The van der Waals surface area contributed by atoms with Crippen LogP contribution in [0.3, 0.4) is 0 Å². The van der Waals surface area contributed by atoms with Crippen LogP contribution < -0.4 is 0 Å². The SMILES string of the molecule is COC1CCC(C(C)(C)C2CCC(OC(C)=O)C(C)C2)CC1C. The van der Waals surface area contributed by atoms with Gasteiger partial charge in [0.2, 0.25) is 0 Å². The minimum Gasteiger partial charge on any atom is -0.462 e. The molecule has 2 aliphatic rings. The Balaban J connectivity index is 1.96. The van der Waals surface area contributed by atoms with Crippen LogP contribution in [0.1, 0.15) is 73.1 Å². The van der Waals surface area contributed by atoms with Gasteiger partial charge in [0.05, 0.1) is 6.10 Å². The molecule has 0 radical (unpaired) electrons. The van der Waals surface area contributed by atoms with Crippen molar-refractivity contribution in [2.75, 3.05) is 7.11 Å².